The molecule has 12 aromatic carbocycles. The molecule has 0 N–H and O–H groups in total. The summed E-state index contributed by atoms with van der Waals surface area (Å²) < 4.78 is 105. The molecule has 139 heavy (non-hydrogen) atoms. The molecule has 0 radical (unpaired) electrons. The van der Waals surface area contributed by atoms with Crippen LogP contribution in [0, 0.1) is 23.3 Å². The molecule has 736 valence electrons. The molecule has 12 nitrogen and oxygen atoms in total. The third-order valence-corrected chi connectivity index (χ3v) is 24.7. The van der Waals surface area contributed by atoms with Crippen LogP contribution in [0.5, 0.6) is 46.0 Å². The molecule has 4 atom stereocenters. The van der Waals surface area contributed by atoms with Crippen molar-refractivity contribution in [2.45, 2.75) is 268 Å². The molecule has 0 spiro atoms. The summed E-state index contributed by atoms with van der Waals surface area (Å²) in [5, 5.41) is 0. The molecule has 0 aliphatic carbocycles. The topological polar surface area (TPSA) is 142 Å². The second-order valence-electron chi connectivity index (χ2n) is 40.2. The lowest BCUT2D eigenvalue weighted by atomic mass is 9.81. The highest BCUT2D eigenvalue weighted by Gasteiger charge is 2.28. The number of allylic oxidation sites excluding steroid dienone is 2. The van der Waals surface area contributed by atoms with E-state index < -0.39 is 0 Å². The second-order valence-corrected chi connectivity index (χ2v) is 40.2. The number of ketones is 4. The van der Waals surface area contributed by atoms with E-state index in [1.165, 1.54) is 29.8 Å². The fraction of sp³-hybridized carbons (Fsp3) is 0.366. The number of carbonyl (C=O) groups is 4. The Morgan fingerprint density at radius 2 is 0.561 bits per heavy atom. The molecule has 0 aliphatic heterocycles. The van der Waals surface area contributed by atoms with Gasteiger partial charge in [0.1, 0.15) is 119 Å². The molecule has 0 saturated heterocycles. The van der Waals surface area contributed by atoms with Gasteiger partial charge in [0.05, 0.1) is 28.4 Å². The SMILES string of the molecule is CC/C=C\[C@H](CC(C)=O)c1ccc(OCc2ccc(C(C)(C)C)c(-c3cc(OC)ccc3F)c2)cc1.CCCC[C@H](CC(C)=O)c1ccc(OCc2ccc(C(C)(C)C)c(-c3cc(OC)ccc3F)c2)cc1.CC[C@H](CC(C)=O)c1ccc(OCc2ccc(C(C)(C)C)c(-c3cc(OC)ccc3F)c2)cc1.COc1ccc(F)c(-c2cc(COc3ccc([C@@H](C)CC(C)=O)cc3)ccc2C(C)(C)C)c1. The average molecular weight is 1890 g/mol. The fourth-order valence-corrected chi connectivity index (χ4v) is 17.1. The van der Waals surface area contributed by atoms with E-state index in [2.05, 4.69) is 152 Å². The number of unbranched alkanes of at least 4 members (excludes halogenated alkanes) is 1. The molecular formula is C123H144F4O12. The van der Waals surface area contributed by atoms with E-state index in [1.54, 1.807) is 105 Å². The number of hydrogen-bond donors (Lipinski definition) is 0. The van der Waals surface area contributed by atoms with Gasteiger partial charge in [-0.05, 0) is 321 Å². The summed E-state index contributed by atoms with van der Waals surface area (Å²) in [7, 11) is 6.33. The number of methoxy groups -OCH3 is 4. The molecular weight excluding hydrogens is 1750 g/mol. The van der Waals surface area contributed by atoms with Crippen LogP contribution in [0.15, 0.2) is 255 Å². The summed E-state index contributed by atoms with van der Waals surface area (Å²) in [4.78, 5) is 46.3. The Balaban J connectivity index is 0.000000207. The number of halogens is 4. The van der Waals surface area contributed by atoms with Crippen LogP contribution in [0.2, 0.25) is 0 Å². The summed E-state index contributed by atoms with van der Waals surface area (Å²) in [5.74, 6) is 5.88. The van der Waals surface area contributed by atoms with E-state index in [-0.39, 0.29) is 91.7 Å². The summed E-state index contributed by atoms with van der Waals surface area (Å²) in [6, 6.07) is 75.5. The van der Waals surface area contributed by atoms with Crippen molar-refractivity contribution < 1.29 is 74.6 Å². The number of Topliss-reactive ketones (excluding diaryl/α,β-unsaturated/α-hetero) is 4. The largest absolute Gasteiger partial charge is 0.497 e. The number of ether oxygens (including phenoxy) is 8. The van der Waals surface area contributed by atoms with Crippen molar-refractivity contribution in [1.82, 2.24) is 0 Å². The van der Waals surface area contributed by atoms with Crippen LogP contribution in [0.25, 0.3) is 44.5 Å². The standard InChI is InChI=1S/C32H39FO3.C32H37FO3.C30H35FO3.C29H33FO3/c2*1-7-8-9-25(18-22(2)34)24-11-13-26(14-12-24)36-21-23-10-16-30(32(3,4)5)28(19-23)29-20-27(35-6)15-17-31(29)33;1-7-22(16-20(2)32)23-9-11-24(12-10-23)34-19-21-8-14-28(30(3,4)5)26(17-21)27-18-25(33-6)13-15-29(27)31;1-19(15-20(2)31)22-8-10-23(11-9-22)33-18-21-7-13-27(29(3,4)5)25(16-21)26-17-24(32-6)12-14-28(26)30/h10-17,19-20,25H,7-9,18,21H2,1-6H3;8-17,19-20,25H,7,18,21H2,1-6H3;8-15,17-18,22H,7,16,19H2,1-6H3;7-14,16-17,19H,15,18H2,1-6H3/b;9-8-;;/t2*25-;22-;19-/m1110/s1. The molecule has 0 aromatic heterocycles. The highest BCUT2D eigenvalue weighted by molar-refractivity contribution is 5.80. The van der Waals surface area contributed by atoms with Gasteiger partial charge in [0.25, 0.3) is 0 Å². The third-order valence-electron chi connectivity index (χ3n) is 24.7. The second kappa shape index (κ2) is 51.2. The van der Waals surface area contributed by atoms with Crippen LogP contribution in [-0.2, 0) is 67.3 Å². The van der Waals surface area contributed by atoms with E-state index in [9.17, 15) is 36.7 Å². The molecule has 0 unspecified atom stereocenters. The van der Waals surface area contributed by atoms with Gasteiger partial charge >= 0.3 is 0 Å². The minimum atomic E-state index is -0.285. The molecule has 12 rings (SSSR count). The monoisotopic (exact) mass is 1890 g/mol. The zero-order valence-corrected chi connectivity index (χ0v) is 86.2. The van der Waals surface area contributed by atoms with Crippen LogP contribution in [-0.4, -0.2) is 51.6 Å². The summed E-state index contributed by atoms with van der Waals surface area (Å²) in [5.41, 5.74) is 17.4. The maximum atomic E-state index is 14.9. The Labute approximate surface area is 824 Å². The van der Waals surface area contributed by atoms with Crippen LogP contribution in [0.4, 0.5) is 17.6 Å². The van der Waals surface area contributed by atoms with E-state index in [4.69, 9.17) is 37.9 Å². The van der Waals surface area contributed by atoms with Crippen LogP contribution >= 0.6 is 0 Å². The molecule has 0 aliphatic rings. The van der Waals surface area contributed by atoms with Gasteiger partial charge in [-0.1, -0.05) is 233 Å². The summed E-state index contributed by atoms with van der Waals surface area (Å²) in [6.45, 7) is 41.9. The maximum absolute atomic E-state index is 14.9. The van der Waals surface area contributed by atoms with Gasteiger partial charge in [-0.25, -0.2) is 17.6 Å². The minimum absolute atomic E-state index is 0.0711. The van der Waals surface area contributed by atoms with E-state index in [0.717, 1.165) is 139 Å². The van der Waals surface area contributed by atoms with Crippen molar-refractivity contribution in [2.24, 2.45) is 0 Å². The summed E-state index contributed by atoms with van der Waals surface area (Å²) in [6.07, 6.45) is 11.4. The van der Waals surface area contributed by atoms with Gasteiger partial charge in [0.2, 0.25) is 0 Å². The number of rotatable bonds is 38. The van der Waals surface area contributed by atoms with Crippen LogP contribution < -0.4 is 37.9 Å². The van der Waals surface area contributed by atoms with Crippen molar-refractivity contribution in [3.05, 3.63) is 345 Å². The smallest absolute Gasteiger partial charge is 0.131 e. The first kappa shape index (κ1) is 110. The molecule has 0 amide bonds. The quantitative estimate of drug-likeness (QED) is 0.0268. The normalized spacial score (nSPS) is 12.4. The van der Waals surface area contributed by atoms with Gasteiger partial charge in [-0.3, -0.25) is 4.79 Å². The van der Waals surface area contributed by atoms with E-state index >= 15 is 0 Å². The van der Waals surface area contributed by atoms with Crippen molar-refractivity contribution >= 4 is 23.1 Å². The number of benzene rings is 12. The minimum Gasteiger partial charge on any atom is -0.497 e. The molecule has 0 bridgehead atoms. The van der Waals surface area contributed by atoms with Crippen molar-refractivity contribution in [1.29, 1.82) is 0 Å². The Morgan fingerprint density at radius 1 is 0.302 bits per heavy atom. The van der Waals surface area contributed by atoms with Gasteiger partial charge in [0, 0.05) is 53.9 Å². The van der Waals surface area contributed by atoms with Gasteiger partial charge in [-0.15, -0.1) is 0 Å². The highest BCUT2D eigenvalue weighted by atomic mass is 19.1. The number of hydrogen-bond acceptors (Lipinski definition) is 12. The predicted octanol–water partition coefficient (Wildman–Crippen LogP) is 32.3. The van der Waals surface area contributed by atoms with Gasteiger partial charge in [0.15, 0.2) is 0 Å². The van der Waals surface area contributed by atoms with E-state index in [0.29, 0.717) is 97.4 Å². The molecule has 0 heterocycles. The maximum Gasteiger partial charge on any atom is 0.131 e. The fourth-order valence-electron chi connectivity index (χ4n) is 17.1. The Kier molecular flexibility index (Phi) is 40.4. The Hall–Kier alpha value is -12.8. The van der Waals surface area contributed by atoms with Crippen molar-refractivity contribution in [2.75, 3.05) is 28.4 Å². The van der Waals surface area contributed by atoms with Crippen molar-refractivity contribution in [3.8, 4) is 90.5 Å². The molecule has 16 heteroatoms. The first-order valence-electron chi connectivity index (χ1n) is 48.4. The summed E-state index contributed by atoms with van der Waals surface area (Å²) >= 11 is 0. The zero-order chi connectivity index (χ0) is 102. The predicted molar refractivity (Wildman–Crippen MR) is 559 cm³/mol. The van der Waals surface area contributed by atoms with Crippen LogP contribution in [0.3, 0.4) is 0 Å². The van der Waals surface area contributed by atoms with Gasteiger partial charge in [-0.2, -0.15) is 0 Å². The lowest BCUT2D eigenvalue weighted by Crippen LogP contribution is -2.13. The lowest BCUT2D eigenvalue weighted by molar-refractivity contribution is -0.118. The lowest BCUT2D eigenvalue weighted by Gasteiger charge is -2.24. The van der Waals surface area contributed by atoms with Crippen molar-refractivity contribution in [3.63, 3.8) is 0 Å². The highest BCUT2D eigenvalue weighted by Crippen LogP contribution is 2.44. The number of carbonyl (C=O) groups excluding carboxylic acids is 4. The first-order valence-corrected chi connectivity index (χ1v) is 48.4. The van der Waals surface area contributed by atoms with Gasteiger partial charge < -0.3 is 52.3 Å². The molecule has 12 aromatic rings. The first-order chi connectivity index (χ1) is 65.9. The van der Waals surface area contributed by atoms with Crippen LogP contribution in [0.1, 0.15) is 287 Å². The third kappa shape index (κ3) is 32.7. The van der Waals surface area contributed by atoms with E-state index in [1.807, 2.05) is 140 Å². The molecule has 0 fully saturated rings. The average Bonchev–Trinajstić information content (AvgIpc) is 0.795. The Morgan fingerprint density at radius 3 is 0.813 bits per heavy atom. The Bertz CT molecular complexity index is 6080. The zero-order valence-electron chi connectivity index (χ0n) is 86.2. The molecule has 0 saturated carbocycles.